The number of carbonyl (C=O) groups excluding carboxylic acids is 2. The fourth-order valence-electron chi connectivity index (χ4n) is 4.32. The van der Waals surface area contributed by atoms with Gasteiger partial charge in [-0.3, -0.25) is 9.59 Å². The van der Waals surface area contributed by atoms with E-state index in [1.807, 2.05) is 31.2 Å². The molecule has 1 amide bonds. The number of anilines is 2. The fraction of sp³-hybridized carbons (Fsp3) is 0.417. The van der Waals surface area contributed by atoms with Gasteiger partial charge in [0.05, 0.1) is 24.4 Å². The molecule has 0 aliphatic carbocycles. The molecule has 2 aromatic rings. The minimum Gasteiger partial charge on any atom is -0.497 e. The van der Waals surface area contributed by atoms with Crippen LogP contribution in [-0.4, -0.2) is 44.5 Å². The molecule has 6 nitrogen and oxygen atoms in total. The van der Waals surface area contributed by atoms with Crippen molar-refractivity contribution < 1.29 is 14.3 Å². The second kappa shape index (κ2) is 8.78. The van der Waals surface area contributed by atoms with Crippen LogP contribution in [0.1, 0.15) is 41.3 Å². The van der Waals surface area contributed by atoms with E-state index in [0.717, 1.165) is 49.4 Å². The molecule has 0 spiro atoms. The van der Waals surface area contributed by atoms with Crippen LogP contribution < -0.4 is 20.3 Å². The maximum absolute atomic E-state index is 12.8. The van der Waals surface area contributed by atoms with Crippen molar-refractivity contribution >= 4 is 23.1 Å². The Morgan fingerprint density at radius 3 is 2.97 bits per heavy atom. The van der Waals surface area contributed by atoms with Crippen LogP contribution in [0, 0.1) is 0 Å². The lowest BCUT2D eigenvalue weighted by Gasteiger charge is -2.31. The van der Waals surface area contributed by atoms with Gasteiger partial charge in [0.25, 0.3) is 5.91 Å². The molecule has 0 aromatic heterocycles. The second-order valence-corrected chi connectivity index (χ2v) is 8.04. The smallest absolute Gasteiger partial charge is 0.253 e. The number of fused-ring (bicyclic) bond motifs is 2. The first-order valence-corrected chi connectivity index (χ1v) is 10.7. The van der Waals surface area contributed by atoms with Crippen LogP contribution in [-0.2, 0) is 17.6 Å². The SMILES string of the molecule is COc1ccc2c(c1)CCCN2CCCNC(=O)c1cccc2c1NC(C)C(=O)C2. The predicted octanol–water partition coefficient (Wildman–Crippen LogP) is 3.19. The van der Waals surface area contributed by atoms with E-state index in [0.29, 0.717) is 18.5 Å². The Morgan fingerprint density at radius 1 is 1.27 bits per heavy atom. The van der Waals surface area contributed by atoms with Gasteiger partial charge in [0.2, 0.25) is 0 Å². The zero-order valence-corrected chi connectivity index (χ0v) is 17.7. The lowest BCUT2D eigenvalue weighted by Crippen LogP contribution is -2.35. The van der Waals surface area contributed by atoms with E-state index in [-0.39, 0.29) is 17.7 Å². The minimum absolute atomic E-state index is 0.0929. The van der Waals surface area contributed by atoms with E-state index >= 15 is 0 Å². The summed E-state index contributed by atoms with van der Waals surface area (Å²) >= 11 is 0. The van der Waals surface area contributed by atoms with Crippen molar-refractivity contribution in [3.8, 4) is 5.75 Å². The monoisotopic (exact) mass is 407 g/mol. The average Bonchev–Trinajstić information content (AvgIpc) is 2.76. The number of benzene rings is 2. The Kier molecular flexibility index (Phi) is 5.93. The molecule has 1 unspecified atom stereocenters. The number of nitrogens with zero attached hydrogens (tertiary/aromatic N) is 1. The van der Waals surface area contributed by atoms with Crippen molar-refractivity contribution in [1.29, 1.82) is 0 Å². The summed E-state index contributed by atoms with van der Waals surface area (Å²) in [5.74, 6) is 0.961. The highest BCUT2D eigenvalue weighted by Crippen LogP contribution is 2.30. The fourth-order valence-corrected chi connectivity index (χ4v) is 4.32. The van der Waals surface area contributed by atoms with Gasteiger partial charge in [-0.25, -0.2) is 0 Å². The molecule has 0 radical (unpaired) electrons. The van der Waals surface area contributed by atoms with Gasteiger partial charge >= 0.3 is 0 Å². The Morgan fingerprint density at radius 2 is 2.13 bits per heavy atom. The third-order valence-corrected chi connectivity index (χ3v) is 6.00. The highest BCUT2D eigenvalue weighted by molar-refractivity contribution is 6.03. The second-order valence-electron chi connectivity index (χ2n) is 8.04. The van der Waals surface area contributed by atoms with Crippen LogP contribution in [0.3, 0.4) is 0 Å². The predicted molar refractivity (Wildman–Crippen MR) is 119 cm³/mol. The number of methoxy groups -OCH3 is 1. The molecule has 2 N–H and O–H groups in total. The molecule has 2 aliphatic rings. The molecule has 6 heteroatoms. The van der Waals surface area contributed by atoms with Crippen LogP contribution in [0.5, 0.6) is 5.75 Å². The summed E-state index contributed by atoms with van der Waals surface area (Å²) in [4.78, 5) is 27.1. The van der Waals surface area contributed by atoms with E-state index < -0.39 is 0 Å². The van der Waals surface area contributed by atoms with Crippen LogP contribution in [0.4, 0.5) is 11.4 Å². The molecule has 0 bridgehead atoms. The lowest BCUT2D eigenvalue weighted by atomic mass is 9.94. The summed E-state index contributed by atoms with van der Waals surface area (Å²) in [6, 6.07) is 11.6. The van der Waals surface area contributed by atoms with Gasteiger partial charge in [-0.05, 0) is 61.6 Å². The molecule has 2 aliphatic heterocycles. The number of nitrogens with one attached hydrogen (secondary N) is 2. The van der Waals surface area contributed by atoms with Gasteiger partial charge in [-0.2, -0.15) is 0 Å². The Labute approximate surface area is 177 Å². The normalized spacial score (nSPS) is 17.6. The van der Waals surface area contributed by atoms with Crippen LogP contribution in [0.15, 0.2) is 36.4 Å². The number of hydrogen-bond donors (Lipinski definition) is 2. The maximum Gasteiger partial charge on any atom is 0.253 e. The summed E-state index contributed by atoms with van der Waals surface area (Å²) in [5, 5.41) is 6.24. The van der Waals surface area contributed by atoms with Crippen molar-refractivity contribution in [2.75, 3.05) is 37.0 Å². The summed E-state index contributed by atoms with van der Waals surface area (Å²) in [7, 11) is 1.70. The third kappa shape index (κ3) is 4.13. The van der Waals surface area contributed by atoms with Gasteiger partial charge in [-0.1, -0.05) is 12.1 Å². The molecule has 2 heterocycles. The molecule has 1 atom stereocenters. The molecule has 0 saturated heterocycles. The first kappa shape index (κ1) is 20.3. The number of ether oxygens (including phenoxy) is 1. The molecule has 30 heavy (non-hydrogen) atoms. The first-order valence-electron chi connectivity index (χ1n) is 10.7. The molecule has 4 rings (SSSR count). The zero-order chi connectivity index (χ0) is 21.1. The highest BCUT2D eigenvalue weighted by atomic mass is 16.5. The number of amides is 1. The number of Topliss-reactive ketones (excluding diaryl/α,β-unsaturated/α-hetero) is 1. The summed E-state index contributed by atoms with van der Waals surface area (Å²) < 4.78 is 5.34. The standard InChI is InChI=1S/C24H29N3O3/c1-16-22(28)15-18-6-3-8-20(23(18)26-16)24(29)25-11-5-13-27-12-4-7-17-14-19(30-2)9-10-21(17)27/h3,6,8-10,14,16,26H,4-5,7,11-13,15H2,1-2H3,(H,25,29). The van der Waals surface area contributed by atoms with Gasteiger partial charge in [-0.15, -0.1) is 0 Å². The molecule has 158 valence electrons. The van der Waals surface area contributed by atoms with Gasteiger partial charge in [0, 0.05) is 31.7 Å². The van der Waals surface area contributed by atoms with Crippen molar-refractivity contribution in [3.05, 3.63) is 53.1 Å². The van der Waals surface area contributed by atoms with E-state index in [1.165, 1.54) is 11.3 Å². The van der Waals surface area contributed by atoms with Crippen molar-refractivity contribution in [1.82, 2.24) is 5.32 Å². The average molecular weight is 408 g/mol. The summed E-state index contributed by atoms with van der Waals surface area (Å²) in [6.45, 7) is 4.39. The quantitative estimate of drug-likeness (QED) is 0.720. The third-order valence-electron chi connectivity index (χ3n) is 6.00. The van der Waals surface area contributed by atoms with Crippen molar-refractivity contribution in [3.63, 3.8) is 0 Å². The van der Waals surface area contributed by atoms with E-state index in [4.69, 9.17) is 4.74 Å². The first-order chi connectivity index (χ1) is 14.6. The van der Waals surface area contributed by atoms with Crippen molar-refractivity contribution in [2.45, 2.75) is 38.6 Å². The summed E-state index contributed by atoms with van der Waals surface area (Å²) in [5.41, 5.74) is 4.90. The minimum atomic E-state index is -0.260. The molecule has 0 saturated carbocycles. The molecule has 0 fully saturated rings. The Hall–Kier alpha value is -3.02. The van der Waals surface area contributed by atoms with Gasteiger partial charge < -0.3 is 20.3 Å². The topological polar surface area (TPSA) is 70.7 Å². The number of carbonyl (C=O) groups is 2. The van der Waals surface area contributed by atoms with Crippen LogP contribution >= 0.6 is 0 Å². The van der Waals surface area contributed by atoms with E-state index in [9.17, 15) is 9.59 Å². The Balaban J connectivity index is 1.34. The number of rotatable bonds is 6. The van der Waals surface area contributed by atoms with Crippen LogP contribution in [0.2, 0.25) is 0 Å². The Bertz CT molecular complexity index is 957. The summed E-state index contributed by atoms with van der Waals surface area (Å²) in [6.07, 6.45) is 3.45. The number of ketones is 1. The molecule has 2 aromatic carbocycles. The van der Waals surface area contributed by atoms with Gasteiger partial charge in [0.1, 0.15) is 5.75 Å². The molecular weight excluding hydrogens is 378 g/mol. The number of aryl methyl sites for hydroxylation is 1. The van der Waals surface area contributed by atoms with Crippen molar-refractivity contribution in [2.24, 2.45) is 0 Å². The van der Waals surface area contributed by atoms with Gasteiger partial charge in [0.15, 0.2) is 5.78 Å². The zero-order valence-electron chi connectivity index (χ0n) is 17.7. The highest BCUT2D eigenvalue weighted by Gasteiger charge is 2.25. The lowest BCUT2D eigenvalue weighted by molar-refractivity contribution is -0.119. The number of para-hydroxylation sites is 1. The maximum atomic E-state index is 12.8. The molecular formula is C24H29N3O3. The van der Waals surface area contributed by atoms with E-state index in [2.05, 4.69) is 27.7 Å². The largest absolute Gasteiger partial charge is 0.497 e. The number of hydrogen-bond acceptors (Lipinski definition) is 5. The van der Waals surface area contributed by atoms with Crippen LogP contribution in [0.25, 0.3) is 0 Å². The van der Waals surface area contributed by atoms with E-state index in [1.54, 1.807) is 7.11 Å².